The van der Waals surface area contributed by atoms with Crippen molar-refractivity contribution in [2.75, 3.05) is 32.7 Å². The summed E-state index contributed by atoms with van der Waals surface area (Å²) in [5.41, 5.74) is 3.77. The second-order valence-electron chi connectivity index (χ2n) is 12.3. The molecule has 3 aromatic heterocycles. The van der Waals surface area contributed by atoms with Crippen LogP contribution in [-0.2, 0) is 28.0 Å². The Morgan fingerprint density at radius 3 is 2.59 bits per heavy atom. The summed E-state index contributed by atoms with van der Waals surface area (Å²) in [7, 11) is -4.15. The van der Waals surface area contributed by atoms with E-state index in [0.29, 0.717) is 55.9 Å². The summed E-state index contributed by atoms with van der Waals surface area (Å²) in [6.45, 7) is 5.24. The van der Waals surface area contributed by atoms with Gasteiger partial charge < -0.3 is 14.2 Å². The maximum Gasteiger partial charge on any atom is 0.245 e. The van der Waals surface area contributed by atoms with Crippen LogP contribution in [0, 0.1) is 6.92 Å². The van der Waals surface area contributed by atoms with E-state index < -0.39 is 16.1 Å². The summed E-state index contributed by atoms with van der Waals surface area (Å²) in [6, 6.07) is 13.6. The molecule has 0 radical (unpaired) electrons. The van der Waals surface area contributed by atoms with Crippen LogP contribution in [0.1, 0.15) is 29.7 Å². The molecule has 1 atom stereocenters. The first-order chi connectivity index (χ1) is 23.7. The fourth-order valence-electron chi connectivity index (χ4n) is 6.61. The van der Waals surface area contributed by atoms with Gasteiger partial charge in [-0.05, 0) is 55.7 Å². The van der Waals surface area contributed by atoms with Gasteiger partial charge in [0.1, 0.15) is 28.8 Å². The third-order valence-electron chi connectivity index (χ3n) is 9.10. The maximum absolute atomic E-state index is 14.2. The molecule has 2 aromatic carbocycles. The van der Waals surface area contributed by atoms with Crippen molar-refractivity contribution < 1.29 is 17.9 Å². The van der Waals surface area contributed by atoms with Crippen molar-refractivity contribution in [2.24, 2.45) is 0 Å². The van der Waals surface area contributed by atoms with Gasteiger partial charge in [-0.2, -0.15) is 4.31 Å². The lowest BCUT2D eigenvalue weighted by atomic mass is 10.1. The SMILES string of the molecule is Cc1cc(-n2ccnc2)c2cccc(OCc3c(Cl)ccc(S(=O)(=O)N4CCCC4C(=O)N4CCN(Cc5cccnc5)CC4)c3Cl)c2n1. The zero-order valence-corrected chi connectivity index (χ0v) is 29.2. The summed E-state index contributed by atoms with van der Waals surface area (Å²) < 4.78 is 37.8. The predicted molar refractivity (Wildman–Crippen MR) is 187 cm³/mol. The van der Waals surface area contributed by atoms with Gasteiger partial charge in [0, 0.05) is 85.7 Å². The van der Waals surface area contributed by atoms with Crippen molar-refractivity contribution in [3.05, 3.63) is 107 Å². The monoisotopic (exact) mass is 719 g/mol. The number of hydrogen-bond donors (Lipinski definition) is 0. The van der Waals surface area contributed by atoms with Crippen LogP contribution in [0.15, 0.2) is 84.5 Å². The Hall–Kier alpha value is -4.07. The molecular formula is C35H35Cl2N7O4S. The molecule has 2 saturated heterocycles. The third-order valence-corrected chi connectivity index (χ3v) is 12.0. The average Bonchev–Trinajstić information content (AvgIpc) is 3.82. The van der Waals surface area contributed by atoms with Crippen molar-refractivity contribution in [3.8, 4) is 11.4 Å². The van der Waals surface area contributed by atoms with Gasteiger partial charge in [0.25, 0.3) is 0 Å². The van der Waals surface area contributed by atoms with Gasteiger partial charge >= 0.3 is 0 Å². The van der Waals surface area contributed by atoms with Crippen LogP contribution in [0.25, 0.3) is 16.6 Å². The molecule has 0 saturated carbocycles. The fraction of sp³-hybridized carbons (Fsp3) is 0.314. The number of ether oxygens (including phenoxy) is 1. The quantitative estimate of drug-likeness (QED) is 0.196. The molecule has 0 aliphatic carbocycles. The van der Waals surface area contributed by atoms with Crippen LogP contribution in [0.2, 0.25) is 10.0 Å². The molecule has 0 spiro atoms. The Balaban J connectivity index is 1.08. The lowest BCUT2D eigenvalue weighted by molar-refractivity contribution is -0.136. The van der Waals surface area contributed by atoms with Crippen molar-refractivity contribution in [1.82, 2.24) is 33.6 Å². The van der Waals surface area contributed by atoms with Crippen LogP contribution in [0.5, 0.6) is 5.75 Å². The molecule has 0 N–H and O–H groups in total. The van der Waals surface area contributed by atoms with E-state index >= 15 is 0 Å². The lowest BCUT2D eigenvalue weighted by Crippen LogP contribution is -2.54. The minimum atomic E-state index is -4.15. The summed E-state index contributed by atoms with van der Waals surface area (Å²) in [6.07, 6.45) is 9.90. The Morgan fingerprint density at radius 1 is 1.00 bits per heavy atom. The van der Waals surface area contributed by atoms with E-state index in [2.05, 4.69) is 14.9 Å². The van der Waals surface area contributed by atoms with Crippen molar-refractivity contribution >= 4 is 50.0 Å². The van der Waals surface area contributed by atoms with E-state index in [1.54, 1.807) is 29.7 Å². The minimum absolute atomic E-state index is 0.0295. The van der Waals surface area contributed by atoms with Crippen LogP contribution < -0.4 is 4.74 Å². The van der Waals surface area contributed by atoms with Crippen molar-refractivity contribution in [2.45, 2.75) is 43.9 Å². The predicted octanol–water partition coefficient (Wildman–Crippen LogP) is 5.51. The smallest absolute Gasteiger partial charge is 0.245 e. The number of carbonyl (C=O) groups is 1. The number of amides is 1. The lowest BCUT2D eigenvalue weighted by Gasteiger charge is -2.37. The van der Waals surface area contributed by atoms with Crippen molar-refractivity contribution in [3.63, 3.8) is 0 Å². The number of aryl methyl sites for hydroxylation is 1. The van der Waals surface area contributed by atoms with Crippen LogP contribution in [0.4, 0.5) is 0 Å². The van der Waals surface area contributed by atoms with Gasteiger partial charge in [-0.3, -0.25) is 14.7 Å². The molecule has 1 amide bonds. The number of benzene rings is 2. The van der Waals surface area contributed by atoms with Gasteiger partial charge in [0.05, 0.1) is 17.0 Å². The second kappa shape index (κ2) is 14.0. The second-order valence-corrected chi connectivity index (χ2v) is 14.9. The molecular weight excluding hydrogens is 685 g/mol. The summed E-state index contributed by atoms with van der Waals surface area (Å²) in [5.74, 6) is 0.318. The zero-order chi connectivity index (χ0) is 34.1. The molecule has 11 nitrogen and oxygen atoms in total. The zero-order valence-electron chi connectivity index (χ0n) is 26.9. The normalized spacial score (nSPS) is 17.5. The summed E-state index contributed by atoms with van der Waals surface area (Å²) >= 11 is 13.4. The first-order valence-electron chi connectivity index (χ1n) is 16.1. The topological polar surface area (TPSA) is 114 Å². The number of sulfonamides is 1. The van der Waals surface area contributed by atoms with Gasteiger partial charge in [0.15, 0.2) is 0 Å². The molecule has 2 aliphatic rings. The highest BCUT2D eigenvalue weighted by molar-refractivity contribution is 7.89. The van der Waals surface area contributed by atoms with Crippen LogP contribution >= 0.6 is 23.2 Å². The number of carbonyl (C=O) groups excluding carboxylic acids is 1. The van der Waals surface area contributed by atoms with Gasteiger partial charge in [-0.1, -0.05) is 41.4 Å². The van der Waals surface area contributed by atoms with Crippen LogP contribution in [0.3, 0.4) is 0 Å². The highest BCUT2D eigenvalue weighted by Crippen LogP contribution is 2.37. The molecule has 5 heterocycles. The highest BCUT2D eigenvalue weighted by atomic mass is 35.5. The van der Waals surface area contributed by atoms with Crippen molar-refractivity contribution in [1.29, 1.82) is 0 Å². The summed E-state index contributed by atoms with van der Waals surface area (Å²) in [4.78, 5) is 30.8. The number of rotatable bonds is 9. The standard InChI is InChI=1S/C35H35Cl2N7O4S/c1-24-19-30(43-14-12-39-23-43)26-6-2-8-31(34(26)40-24)48-22-27-28(36)9-10-32(33(27)37)49(46,47)44-13-4-7-29(44)35(45)42-17-15-41(16-18-42)21-25-5-3-11-38-20-25/h2-3,5-6,8-12,14,19-20,23,29H,4,7,13,15-18,21-22H2,1H3. The minimum Gasteiger partial charge on any atom is -0.487 e. The molecule has 14 heteroatoms. The van der Waals surface area contributed by atoms with E-state index in [4.69, 9.17) is 32.9 Å². The first kappa shape index (κ1) is 33.4. The Labute approximate surface area is 295 Å². The fourth-order valence-corrected chi connectivity index (χ4v) is 9.12. The van der Waals surface area contributed by atoms with Gasteiger partial charge in [0.2, 0.25) is 15.9 Å². The Bertz CT molecular complexity index is 2090. The van der Waals surface area contributed by atoms with E-state index in [9.17, 15) is 13.2 Å². The Morgan fingerprint density at radius 2 is 1.84 bits per heavy atom. The number of fused-ring (bicyclic) bond motifs is 1. The number of imidazole rings is 1. The van der Waals surface area contributed by atoms with Gasteiger partial charge in [-0.25, -0.2) is 18.4 Å². The number of hydrogen-bond acceptors (Lipinski definition) is 8. The Kier molecular flexibility index (Phi) is 9.58. The number of nitrogens with zero attached hydrogens (tertiary/aromatic N) is 7. The number of piperazine rings is 1. The maximum atomic E-state index is 14.2. The van der Waals surface area contributed by atoms with Crippen LogP contribution in [-0.4, -0.2) is 86.7 Å². The van der Waals surface area contributed by atoms with Gasteiger partial charge in [-0.15, -0.1) is 0 Å². The third kappa shape index (κ3) is 6.75. The molecule has 49 heavy (non-hydrogen) atoms. The largest absolute Gasteiger partial charge is 0.487 e. The number of aromatic nitrogens is 4. The van der Waals surface area contributed by atoms with E-state index in [-0.39, 0.29) is 34.0 Å². The molecule has 2 fully saturated rings. The molecule has 5 aromatic rings. The number of para-hydroxylation sites is 1. The number of halogens is 2. The first-order valence-corrected chi connectivity index (χ1v) is 18.3. The van der Waals surface area contributed by atoms with E-state index in [1.165, 1.54) is 16.4 Å². The van der Waals surface area contributed by atoms with E-state index in [1.807, 2.05) is 54.2 Å². The number of pyridine rings is 2. The highest BCUT2D eigenvalue weighted by Gasteiger charge is 2.42. The molecule has 0 bridgehead atoms. The molecule has 7 rings (SSSR count). The molecule has 1 unspecified atom stereocenters. The molecule has 254 valence electrons. The molecule has 2 aliphatic heterocycles. The van der Waals surface area contributed by atoms with E-state index in [0.717, 1.165) is 28.9 Å². The summed E-state index contributed by atoms with van der Waals surface area (Å²) in [5, 5.41) is 1.10. The average molecular weight is 721 g/mol.